The molecule has 0 radical (unpaired) electrons. The SMILES string of the molecule is C[C@H](C1CCCC1P(c1ccccc1)C1CCCC1)N(C)C. The van der Waals surface area contributed by atoms with Crippen LogP contribution in [0, 0.1) is 5.92 Å². The lowest BCUT2D eigenvalue weighted by Crippen LogP contribution is -2.37. The predicted molar refractivity (Wildman–Crippen MR) is 99.5 cm³/mol. The van der Waals surface area contributed by atoms with E-state index in [1.165, 1.54) is 44.9 Å². The van der Waals surface area contributed by atoms with E-state index in [0.717, 1.165) is 23.3 Å². The second-order valence-electron chi connectivity index (χ2n) is 7.55. The maximum atomic E-state index is 2.45. The summed E-state index contributed by atoms with van der Waals surface area (Å²) in [6.45, 7) is 2.45. The molecule has 2 aliphatic rings. The van der Waals surface area contributed by atoms with Gasteiger partial charge in [0.05, 0.1) is 0 Å². The van der Waals surface area contributed by atoms with Crippen LogP contribution < -0.4 is 5.30 Å². The van der Waals surface area contributed by atoms with Crippen LogP contribution in [0.5, 0.6) is 0 Å². The molecule has 0 bridgehead atoms. The van der Waals surface area contributed by atoms with Gasteiger partial charge in [-0.05, 0) is 69.2 Å². The van der Waals surface area contributed by atoms with Gasteiger partial charge in [-0.2, -0.15) is 0 Å². The Morgan fingerprint density at radius 1 is 0.955 bits per heavy atom. The predicted octanol–water partition coefficient (Wildman–Crippen LogP) is 4.86. The van der Waals surface area contributed by atoms with E-state index in [2.05, 4.69) is 56.3 Å². The van der Waals surface area contributed by atoms with Crippen molar-refractivity contribution < 1.29 is 0 Å². The lowest BCUT2D eigenvalue weighted by Gasteiger charge is -2.38. The Bertz CT molecular complexity index is 452. The zero-order chi connectivity index (χ0) is 15.5. The zero-order valence-corrected chi connectivity index (χ0v) is 15.4. The van der Waals surface area contributed by atoms with Gasteiger partial charge in [-0.15, -0.1) is 0 Å². The van der Waals surface area contributed by atoms with E-state index in [0.29, 0.717) is 0 Å². The molecule has 1 nitrogen and oxygen atoms in total. The molecule has 0 saturated heterocycles. The van der Waals surface area contributed by atoms with Gasteiger partial charge in [0.2, 0.25) is 0 Å². The molecule has 2 saturated carbocycles. The fourth-order valence-corrected chi connectivity index (χ4v) is 8.77. The van der Waals surface area contributed by atoms with Crippen LogP contribution in [0.3, 0.4) is 0 Å². The minimum Gasteiger partial charge on any atom is -0.306 e. The van der Waals surface area contributed by atoms with Crippen LogP contribution in [0.1, 0.15) is 51.9 Å². The number of hydrogen-bond acceptors (Lipinski definition) is 1. The highest BCUT2D eigenvalue weighted by atomic mass is 31.1. The highest BCUT2D eigenvalue weighted by molar-refractivity contribution is 7.67. The number of benzene rings is 1. The summed E-state index contributed by atoms with van der Waals surface area (Å²) in [7, 11) is 4.55. The van der Waals surface area contributed by atoms with Gasteiger partial charge in [0.25, 0.3) is 0 Å². The maximum Gasteiger partial charge on any atom is 0.00952 e. The van der Waals surface area contributed by atoms with Gasteiger partial charge in [-0.25, -0.2) is 0 Å². The van der Waals surface area contributed by atoms with Gasteiger partial charge in [-0.3, -0.25) is 0 Å². The maximum absolute atomic E-state index is 2.45. The average Bonchev–Trinajstić information content (AvgIpc) is 3.20. The fourth-order valence-electron chi connectivity index (χ4n) is 4.72. The first-order chi connectivity index (χ1) is 10.7. The van der Waals surface area contributed by atoms with Gasteiger partial charge < -0.3 is 4.90 Å². The third kappa shape index (κ3) is 3.41. The van der Waals surface area contributed by atoms with Crippen molar-refractivity contribution in [3.63, 3.8) is 0 Å². The first-order valence-corrected chi connectivity index (χ1v) is 10.7. The van der Waals surface area contributed by atoms with Crippen molar-refractivity contribution >= 4 is 13.2 Å². The molecule has 22 heavy (non-hydrogen) atoms. The van der Waals surface area contributed by atoms with Crippen molar-refractivity contribution in [1.82, 2.24) is 4.90 Å². The summed E-state index contributed by atoms with van der Waals surface area (Å²) in [5, 5.41) is 1.69. The number of rotatable bonds is 5. The Balaban J connectivity index is 1.88. The number of nitrogens with zero attached hydrogens (tertiary/aromatic N) is 1. The van der Waals surface area contributed by atoms with Crippen LogP contribution in [-0.2, 0) is 0 Å². The molecule has 2 fully saturated rings. The molecule has 0 amide bonds. The molecule has 2 heteroatoms. The first-order valence-electron chi connectivity index (χ1n) is 9.18. The molecular weight excluding hydrogens is 285 g/mol. The Morgan fingerprint density at radius 3 is 2.27 bits per heavy atom. The van der Waals surface area contributed by atoms with Gasteiger partial charge in [0, 0.05) is 6.04 Å². The molecule has 3 unspecified atom stereocenters. The second-order valence-corrected chi connectivity index (χ2v) is 10.3. The van der Waals surface area contributed by atoms with E-state index in [9.17, 15) is 0 Å². The lowest BCUT2D eigenvalue weighted by atomic mass is 9.98. The van der Waals surface area contributed by atoms with Gasteiger partial charge in [0.1, 0.15) is 0 Å². The van der Waals surface area contributed by atoms with Crippen molar-refractivity contribution in [3.05, 3.63) is 30.3 Å². The minimum absolute atomic E-state index is 0.0188. The molecule has 122 valence electrons. The lowest BCUT2D eigenvalue weighted by molar-refractivity contribution is 0.232. The third-order valence-electron chi connectivity index (χ3n) is 6.10. The fraction of sp³-hybridized carbons (Fsp3) is 0.700. The van der Waals surface area contributed by atoms with E-state index < -0.39 is 0 Å². The molecule has 4 atom stereocenters. The molecule has 0 aromatic heterocycles. The van der Waals surface area contributed by atoms with Crippen LogP contribution in [0.4, 0.5) is 0 Å². The van der Waals surface area contributed by atoms with Crippen molar-refractivity contribution in [2.75, 3.05) is 14.1 Å². The van der Waals surface area contributed by atoms with E-state index in [1.54, 1.807) is 5.30 Å². The molecule has 0 spiro atoms. The summed E-state index contributed by atoms with van der Waals surface area (Å²) < 4.78 is 0. The molecule has 1 aromatic rings. The topological polar surface area (TPSA) is 3.24 Å². The smallest absolute Gasteiger partial charge is 0.00952 e. The van der Waals surface area contributed by atoms with Gasteiger partial charge in [-0.1, -0.05) is 57.5 Å². The summed E-state index contributed by atoms with van der Waals surface area (Å²) in [5.41, 5.74) is 1.95. The molecule has 0 aliphatic heterocycles. The van der Waals surface area contributed by atoms with Crippen LogP contribution >= 0.6 is 7.92 Å². The normalized spacial score (nSPS) is 29.1. The van der Waals surface area contributed by atoms with Gasteiger partial charge >= 0.3 is 0 Å². The average molecular weight is 317 g/mol. The highest BCUT2D eigenvalue weighted by Crippen LogP contribution is 2.58. The van der Waals surface area contributed by atoms with E-state index in [-0.39, 0.29) is 7.92 Å². The van der Waals surface area contributed by atoms with Crippen molar-refractivity contribution in [3.8, 4) is 0 Å². The van der Waals surface area contributed by atoms with Crippen LogP contribution in [0.25, 0.3) is 0 Å². The molecule has 2 aliphatic carbocycles. The standard InChI is InChI=1S/C20H32NP/c1-16(21(2)3)19-14-9-15-20(19)22(18-12-7-8-13-18)17-10-5-4-6-11-17/h4-6,10-11,16,18-20H,7-9,12-15H2,1-3H3/t16-,19?,20?,22?/m1/s1. The van der Waals surface area contributed by atoms with Crippen molar-refractivity contribution in [1.29, 1.82) is 0 Å². The van der Waals surface area contributed by atoms with Crippen molar-refractivity contribution in [2.45, 2.75) is 69.2 Å². The van der Waals surface area contributed by atoms with Crippen LogP contribution in [0.15, 0.2) is 30.3 Å². The number of hydrogen-bond donors (Lipinski definition) is 0. The molecule has 0 heterocycles. The first kappa shape index (κ1) is 16.5. The van der Waals surface area contributed by atoms with Crippen LogP contribution in [0.2, 0.25) is 0 Å². The summed E-state index contributed by atoms with van der Waals surface area (Å²) in [4.78, 5) is 2.45. The van der Waals surface area contributed by atoms with Crippen LogP contribution in [-0.4, -0.2) is 36.4 Å². The van der Waals surface area contributed by atoms with E-state index >= 15 is 0 Å². The van der Waals surface area contributed by atoms with Gasteiger partial charge in [0.15, 0.2) is 0 Å². The Morgan fingerprint density at radius 2 is 1.64 bits per heavy atom. The van der Waals surface area contributed by atoms with E-state index in [1.807, 2.05) is 0 Å². The monoisotopic (exact) mass is 317 g/mol. The van der Waals surface area contributed by atoms with Crippen molar-refractivity contribution in [2.24, 2.45) is 5.92 Å². The second kappa shape index (κ2) is 7.45. The molecule has 0 N–H and O–H groups in total. The Hall–Kier alpha value is -0.390. The zero-order valence-electron chi connectivity index (χ0n) is 14.5. The summed E-state index contributed by atoms with van der Waals surface area (Å²) in [6, 6.07) is 12.3. The quantitative estimate of drug-likeness (QED) is 0.701. The highest BCUT2D eigenvalue weighted by Gasteiger charge is 2.41. The third-order valence-corrected chi connectivity index (χ3v) is 9.65. The molecule has 3 rings (SSSR count). The molecule has 1 aromatic carbocycles. The largest absolute Gasteiger partial charge is 0.306 e. The van der Waals surface area contributed by atoms with E-state index in [4.69, 9.17) is 0 Å². The summed E-state index contributed by atoms with van der Waals surface area (Å²) in [6.07, 6.45) is 10.3. The molecular formula is C20H32NP. The summed E-state index contributed by atoms with van der Waals surface area (Å²) in [5.74, 6) is 0.905. The Kier molecular flexibility index (Phi) is 5.58. The Labute approximate surface area is 138 Å². The minimum atomic E-state index is 0.0188. The summed E-state index contributed by atoms with van der Waals surface area (Å²) >= 11 is 0.